The number of aliphatic hydroxyl groups is 7. The standard InChI is InChI=1S/C19H30O15/c1-2-3-31-18(16(27)28)5-11(13(26)15(33-18)10(24)7-21)32-19(17(29)30)4-8(22)12(25)14(34-19)9(23)6-20/h2,8-15,20-26H,1,3-7H2,(H,27,28)(H,29,30)/t8-,9-,10-,11-,12-,13-,14-,15-,18-,19-/m1/s1. The van der Waals surface area contributed by atoms with Crippen molar-refractivity contribution in [2.24, 2.45) is 0 Å². The zero-order valence-electron chi connectivity index (χ0n) is 17.9. The lowest BCUT2D eigenvalue weighted by Crippen LogP contribution is -2.68. The highest BCUT2D eigenvalue weighted by molar-refractivity contribution is 5.77. The summed E-state index contributed by atoms with van der Waals surface area (Å²) in [4.78, 5) is 24.2. The van der Waals surface area contributed by atoms with Crippen LogP contribution < -0.4 is 0 Å². The van der Waals surface area contributed by atoms with Gasteiger partial charge in [0.15, 0.2) is 0 Å². The van der Waals surface area contributed by atoms with Crippen molar-refractivity contribution >= 4 is 11.9 Å². The summed E-state index contributed by atoms with van der Waals surface area (Å²) in [7, 11) is 0. The molecule has 0 aromatic heterocycles. The molecular formula is C19H30O15. The SMILES string of the molecule is C=CCO[C@]1(C(=O)O)C[C@@H](O[C@]2(C(=O)O)C[C@@H](O)[C@@H](O)[C@@H]([C@H](O)CO)O2)[C@@H](O)[C@@H]([C@H](O)CO)O1. The summed E-state index contributed by atoms with van der Waals surface area (Å²) in [5, 5.41) is 89.0. The second-order valence-electron chi connectivity index (χ2n) is 7.99. The molecule has 0 unspecified atom stereocenters. The molecule has 0 aliphatic carbocycles. The van der Waals surface area contributed by atoms with Crippen molar-refractivity contribution in [2.45, 2.75) is 73.2 Å². The number of aliphatic carboxylic acids is 2. The van der Waals surface area contributed by atoms with E-state index in [9.17, 15) is 55.5 Å². The van der Waals surface area contributed by atoms with E-state index in [1.54, 1.807) is 0 Å². The van der Waals surface area contributed by atoms with Gasteiger partial charge in [-0.1, -0.05) is 6.08 Å². The van der Waals surface area contributed by atoms with Crippen molar-refractivity contribution in [1.29, 1.82) is 0 Å². The molecule has 9 N–H and O–H groups in total. The van der Waals surface area contributed by atoms with Crippen LogP contribution in [0.5, 0.6) is 0 Å². The Morgan fingerprint density at radius 1 is 0.941 bits per heavy atom. The Morgan fingerprint density at radius 2 is 1.44 bits per heavy atom. The highest BCUT2D eigenvalue weighted by atomic mass is 16.8. The molecule has 15 nitrogen and oxygen atoms in total. The summed E-state index contributed by atoms with van der Waals surface area (Å²) >= 11 is 0. The van der Waals surface area contributed by atoms with Gasteiger partial charge in [0.2, 0.25) is 0 Å². The minimum Gasteiger partial charge on any atom is -0.477 e. The van der Waals surface area contributed by atoms with Crippen LogP contribution in [0.15, 0.2) is 12.7 Å². The molecule has 0 amide bonds. The molecule has 0 spiro atoms. The van der Waals surface area contributed by atoms with Crippen LogP contribution in [-0.2, 0) is 28.5 Å². The van der Waals surface area contributed by atoms with E-state index in [0.29, 0.717) is 0 Å². The normalized spacial score (nSPS) is 40.3. The summed E-state index contributed by atoms with van der Waals surface area (Å²) in [6.07, 6.45) is -15.4. The van der Waals surface area contributed by atoms with E-state index in [4.69, 9.17) is 18.9 Å². The van der Waals surface area contributed by atoms with Crippen LogP contribution in [0.4, 0.5) is 0 Å². The number of carboxylic acids is 2. The molecule has 2 aliphatic rings. The van der Waals surface area contributed by atoms with E-state index in [0.717, 1.165) is 0 Å². The first-order valence-electron chi connectivity index (χ1n) is 10.2. The van der Waals surface area contributed by atoms with Gasteiger partial charge in [0.25, 0.3) is 11.6 Å². The number of hydrogen-bond donors (Lipinski definition) is 9. The van der Waals surface area contributed by atoms with Crippen molar-refractivity contribution < 1.29 is 74.5 Å². The van der Waals surface area contributed by atoms with Crippen molar-refractivity contribution in [3.63, 3.8) is 0 Å². The first kappa shape index (κ1) is 28.5. The number of aliphatic hydroxyl groups excluding tert-OH is 7. The minimum absolute atomic E-state index is 0.382. The lowest BCUT2D eigenvalue weighted by molar-refractivity contribution is -0.373. The lowest BCUT2D eigenvalue weighted by Gasteiger charge is -2.49. The number of carbonyl (C=O) groups is 2. The van der Waals surface area contributed by atoms with E-state index >= 15 is 0 Å². The summed E-state index contributed by atoms with van der Waals surface area (Å²) in [5.41, 5.74) is 0. The maximum Gasteiger partial charge on any atom is 0.364 e. The van der Waals surface area contributed by atoms with Gasteiger partial charge < -0.3 is 64.9 Å². The molecule has 15 heteroatoms. The van der Waals surface area contributed by atoms with Gasteiger partial charge in [-0.2, -0.15) is 0 Å². The average Bonchev–Trinajstić information content (AvgIpc) is 2.80. The fourth-order valence-corrected chi connectivity index (χ4v) is 3.81. The van der Waals surface area contributed by atoms with Crippen LogP contribution in [0.2, 0.25) is 0 Å². The fraction of sp³-hybridized carbons (Fsp3) is 0.789. The smallest absolute Gasteiger partial charge is 0.364 e. The third-order valence-electron chi connectivity index (χ3n) is 5.61. The van der Waals surface area contributed by atoms with Crippen LogP contribution >= 0.6 is 0 Å². The van der Waals surface area contributed by atoms with Gasteiger partial charge in [-0.25, -0.2) is 9.59 Å². The number of carboxylic acid groups (broad SMARTS) is 2. The number of rotatable bonds is 11. The summed E-state index contributed by atoms with van der Waals surface area (Å²) < 4.78 is 21.2. The quantitative estimate of drug-likeness (QED) is 0.122. The Kier molecular flexibility index (Phi) is 9.48. The molecule has 196 valence electrons. The molecule has 2 rings (SSSR count). The number of ether oxygens (including phenoxy) is 4. The van der Waals surface area contributed by atoms with E-state index in [1.165, 1.54) is 6.08 Å². The summed E-state index contributed by atoms with van der Waals surface area (Å²) in [5.74, 6) is -9.04. The van der Waals surface area contributed by atoms with Crippen LogP contribution in [0, 0.1) is 0 Å². The molecule has 0 bridgehead atoms. The first-order chi connectivity index (χ1) is 15.9. The molecular weight excluding hydrogens is 468 g/mol. The van der Waals surface area contributed by atoms with Gasteiger partial charge in [0, 0.05) is 12.8 Å². The largest absolute Gasteiger partial charge is 0.477 e. The minimum atomic E-state index is -2.85. The Labute approximate surface area is 193 Å². The Balaban J connectivity index is 2.48. The Morgan fingerprint density at radius 3 is 1.91 bits per heavy atom. The van der Waals surface area contributed by atoms with Crippen LogP contribution in [0.25, 0.3) is 0 Å². The Bertz CT molecular complexity index is 732. The van der Waals surface area contributed by atoms with E-state index in [2.05, 4.69) is 6.58 Å². The molecule has 0 aromatic rings. The monoisotopic (exact) mass is 498 g/mol. The zero-order valence-corrected chi connectivity index (χ0v) is 17.9. The van der Waals surface area contributed by atoms with E-state index in [1.807, 2.05) is 0 Å². The maximum absolute atomic E-state index is 12.2. The van der Waals surface area contributed by atoms with Gasteiger partial charge in [-0.05, 0) is 0 Å². The number of hydrogen-bond acceptors (Lipinski definition) is 13. The zero-order chi connectivity index (χ0) is 25.8. The molecule has 0 aromatic carbocycles. The molecule has 0 saturated carbocycles. The van der Waals surface area contributed by atoms with Gasteiger partial charge in [-0.15, -0.1) is 6.58 Å². The predicted molar refractivity (Wildman–Crippen MR) is 105 cm³/mol. The van der Waals surface area contributed by atoms with E-state index in [-0.39, 0.29) is 6.61 Å². The average molecular weight is 498 g/mol. The molecule has 0 radical (unpaired) electrons. The summed E-state index contributed by atoms with van der Waals surface area (Å²) in [6.45, 7) is 1.03. The third-order valence-corrected chi connectivity index (χ3v) is 5.61. The van der Waals surface area contributed by atoms with E-state index < -0.39 is 98.4 Å². The van der Waals surface area contributed by atoms with Crippen molar-refractivity contribution in [1.82, 2.24) is 0 Å². The first-order valence-corrected chi connectivity index (χ1v) is 10.2. The topological polar surface area (TPSA) is 253 Å². The molecule has 2 heterocycles. The maximum atomic E-state index is 12.2. The van der Waals surface area contributed by atoms with Gasteiger partial charge in [0.1, 0.15) is 36.6 Å². The second kappa shape index (κ2) is 11.3. The Hall–Kier alpha value is -1.76. The summed E-state index contributed by atoms with van der Waals surface area (Å²) in [6, 6.07) is 0. The van der Waals surface area contributed by atoms with Gasteiger partial charge in [-0.3, -0.25) is 0 Å². The van der Waals surface area contributed by atoms with Gasteiger partial charge >= 0.3 is 11.9 Å². The van der Waals surface area contributed by atoms with Crippen LogP contribution in [0.3, 0.4) is 0 Å². The molecule has 34 heavy (non-hydrogen) atoms. The highest BCUT2D eigenvalue weighted by Crippen LogP contribution is 2.40. The molecule has 2 aliphatic heterocycles. The van der Waals surface area contributed by atoms with Gasteiger partial charge in [0.05, 0.1) is 32.0 Å². The van der Waals surface area contributed by atoms with Crippen molar-refractivity contribution in [3.05, 3.63) is 12.7 Å². The highest BCUT2D eigenvalue weighted by Gasteiger charge is 2.60. The molecule has 10 atom stereocenters. The predicted octanol–water partition coefficient (Wildman–Crippen LogP) is -4.50. The third kappa shape index (κ3) is 5.55. The fourth-order valence-electron chi connectivity index (χ4n) is 3.81. The lowest BCUT2D eigenvalue weighted by atomic mass is 9.90. The van der Waals surface area contributed by atoms with Crippen molar-refractivity contribution in [2.75, 3.05) is 19.8 Å². The van der Waals surface area contributed by atoms with Crippen molar-refractivity contribution in [3.8, 4) is 0 Å². The molecule has 2 saturated heterocycles. The second-order valence-corrected chi connectivity index (χ2v) is 7.99. The van der Waals surface area contributed by atoms with Crippen LogP contribution in [-0.4, -0.2) is 138 Å². The molecule has 2 fully saturated rings. The van der Waals surface area contributed by atoms with Crippen LogP contribution in [0.1, 0.15) is 12.8 Å².